The zero-order valence-corrected chi connectivity index (χ0v) is 15.0. The van der Waals surface area contributed by atoms with E-state index in [1.54, 1.807) is 11.9 Å². The molecule has 24 heavy (non-hydrogen) atoms. The van der Waals surface area contributed by atoms with Gasteiger partial charge >= 0.3 is 0 Å². The summed E-state index contributed by atoms with van der Waals surface area (Å²) in [6, 6.07) is 17.5. The van der Waals surface area contributed by atoms with Crippen molar-refractivity contribution in [3.63, 3.8) is 0 Å². The van der Waals surface area contributed by atoms with Crippen molar-refractivity contribution >= 4 is 18.3 Å². The molecule has 0 saturated carbocycles. The van der Waals surface area contributed by atoms with Crippen molar-refractivity contribution in [3.8, 4) is 5.75 Å². The van der Waals surface area contributed by atoms with Crippen LogP contribution in [0.2, 0.25) is 0 Å². The zero-order chi connectivity index (χ0) is 16.7. The van der Waals surface area contributed by atoms with E-state index >= 15 is 0 Å². The highest BCUT2D eigenvalue weighted by Gasteiger charge is 2.22. The average Bonchev–Trinajstić information content (AvgIpc) is 2.58. The van der Waals surface area contributed by atoms with Crippen molar-refractivity contribution in [3.05, 3.63) is 65.7 Å². The van der Waals surface area contributed by atoms with Gasteiger partial charge in [-0.3, -0.25) is 4.79 Å². The third kappa shape index (κ3) is 5.25. The topological polar surface area (TPSA) is 55.6 Å². The molecule has 0 aliphatic rings. The first-order valence-electron chi connectivity index (χ1n) is 7.82. The van der Waals surface area contributed by atoms with Crippen LogP contribution in [-0.2, 0) is 4.79 Å². The quantitative estimate of drug-likeness (QED) is 0.836. The van der Waals surface area contributed by atoms with Crippen LogP contribution in [-0.4, -0.2) is 37.6 Å². The number of hydrogen-bond donors (Lipinski definition) is 1. The SMILES string of the molecule is Cc1ccccc1OCCN(C)C(=O)C(CN)c1ccccc1.Cl. The Morgan fingerprint density at radius 2 is 1.75 bits per heavy atom. The van der Waals surface area contributed by atoms with Gasteiger partial charge in [0.15, 0.2) is 0 Å². The largest absolute Gasteiger partial charge is 0.491 e. The molecule has 0 aliphatic carbocycles. The molecular weight excluding hydrogens is 324 g/mol. The summed E-state index contributed by atoms with van der Waals surface area (Å²) in [5, 5.41) is 0. The van der Waals surface area contributed by atoms with Gasteiger partial charge in [0.2, 0.25) is 5.91 Å². The summed E-state index contributed by atoms with van der Waals surface area (Å²) >= 11 is 0. The van der Waals surface area contributed by atoms with Crippen molar-refractivity contribution in [1.29, 1.82) is 0 Å². The van der Waals surface area contributed by atoms with Crippen LogP contribution >= 0.6 is 12.4 Å². The lowest BCUT2D eigenvalue weighted by Crippen LogP contribution is -2.37. The number of rotatable bonds is 7. The lowest BCUT2D eigenvalue weighted by atomic mass is 9.98. The van der Waals surface area contributed by atoms with E-state index in [4.69, 9.17) is 10.5 Å². The predicted molar refractivity (Wildman–Crippen MR) is 99.8 cm³/mol. The van der Waals surface area contributed by atoms with E-state index in [1.165, 1.54) is 0 Å². The van der Waals surface area contributed by atoms with Crippen LogP contribution in [0.4, 0.5) is 0 Å². The molecule has 0 heterocycles. The molecule has 1 amide bonds. The van der Waals surface area contributed by atoms with Crippen LogP contribution in [0.3, 0.4) is 0 Å². The smallest absolute Gasteiger partial charge is 0.231 e. The fourth-order valence-corrected chi connectivity index (χ4v) is 2.45. The minimum absolute atomic E-state index is 0. The number of benzene rings is 2. The lowest BCUT2D eigenvalue weighted by Gasteiger charge is -2.23. The Hall–Kier alpha value is -2.04. The number of carbonyl (C=O) groups is 1. The molecule has 2 rings (SSSR count). The van der Waals surface area contributed by atoms with Gasteiger partial charge in [-0.1, -0.05) is 48.5 Å². The first-order chi connectivity index (χ1) is 11.1. The zero-order valence-electron chi connectivity index (χ0n) is 14.1. The van der Waals surface area contributed by atoms with Crippen LogP contribution in [0.25, 0.3) is 0 Å². The van der Waals surface area contributed by atoms with Crippen molar-refractivity contribution in [2.24, 2.45) is 5.73 Å². The van der Waals surface area contributed by atoms with Gasteiger partial charge in [0, 0.05) is 13.6 Å². The highest BCUT2D eigenvalue weighted by Crippen LogP contribution is 2.18. The molecular formula is C19H25ClN2O2. The molecule has 0 radical (unpaired) electrons. The van der Waals surface area contributed by atoms with Gasteiger partial charge in [0.25, 0.3) is 0 Å². The monoisotopic (exact) mass is 348 g/mol. The third-order valence-corrected chi connectivity index (χ3v) is 3.89. The fraction of sp³-hybridized carbons (Fsp3) is 0.316. The maximum atomic E-state index is 12.6. The summed E-state index contributed by atoms with van der Waals surface area (Å²) in [6.07, 6.45) is 0. The minimum Gasteiger partial charge on any atom is -0.491 e. The summed E-state index contributed by atoms with van der Waals surface area (Å²) in [5.41, 5.74) is 7.84. The summed E-state index contributed by atoms with van der Waals surface area (Å²) in [6.45, 7) is 3.28. The Morgan fingerprint density at radius 1 is 1.12 bits per heavy atom. The van der Waals surface area contributed by atoms with Crippen molar-refractivity contribution < 1.29 is 9.53 Å². The maximum absolute atomic E-state index is 12.6. The van der Waals surface area contributed by atoms with E-state index < -0.39 is 0 Å². The molecule has 0 fully saturated rings. The third-order valence-electron chi connectivity index (χ3n) is 3.89. The normalized spacial score (nSPS) is 11.3. The lowest BCUT2D eigenvalue weighted by molar-refractivity contribution is -0.131. The van der Waals surface area contributed by atoms with Crippen molar-refractivity contribution in [1.82, 2.24) is 4.90 Å². The second-order valence-corrected chi connectivity index (χ2v) is 5.57. The molecule has 2 N–H and O–H groups in total. The Labute approximate surface area is 150 Å². The van der Waals surface area contributed by atoms with E-state index in [1.807, 2.05) is 61.5 Å². The number of nitrogens with two attached hydrogens (primary N) is 1. The molecule has 2 aromatic carbocycles. The molecule has 130 valence electrons. The Kier molecular flexibility index (Phi) is 8.30. The van der Waals surface area contributed by atoms with Gasteiger partial charge in [-0.15, -0.1) is 12.4 Å². The Bertz CT molecular complexity index is 634. The summed E-state index contributed by atoms with van der Waals surface area (Å²) < 4.78 is 5.75. The molecule has 0 bridgehead atoms. The first kappa shape index (κ1) is 20.0. The molecule has 1 atom stereocenters. The minimum atomic E-state index is -0.306. The molecule has 0 aromatic heterocycles. The van der Waals surface area contributed by atoms with Crippen LogP contribution in [0.1, 0.15) is 17.0 Å². The number of halogens is 1. The van der Waals surface area contributed by atoms with E-state index in [9.17, 15) is 4.79 Å². The Morgan fingerprint density at radius 3 is 2.38 bits per heavy atom. The van der Waals surface area contributed by atoms with E-state index in [-0.39, 0.29) is 24.2 Å². The van der Waals surface area contributed by atoms with Crippen molar-refractivity contribution in [2.45, 2.75) is 12.8 Å². The number of nitrogens with zero attached hydrogens (tertiary/aromatic N) is 1. The number of hydrogen-bond acceptors (Lipinski definition) is 3. The molecule has 0 saturated heterocycles. The fourth-order valence-electron chi connectivity index (χ4n) is 2.45. The van der Waals surface area contributed by atoms with Crippen LogP contribution in [0, 0.1) is 6.92 Å². The van der Waals surface area contributed by atoms with Gasteiger partial charge in [0.1, 0.15) is 12.4 Å². The van der Waals surface area contributed by atoms with E-state index in [0.29, 0.717) is 19.7 Å². The molecule has 2 aromatic rings. The second-order valence-electron chi connectivity index (χ2n) is 5.57. The van der Waals surface area contributed by atoms with Gasteiger partial charge in [-0.25, -0.2) is 0 Å². The van der Waals surface area contributed by atoms with E-state index in [2.05, 4.69) is 0 Å². The second kappa shape index (κ2) is 9.96. The summed E-state index contributed by atoms with van der Waals surface area (Å²) in [7, 11) is 1.79. The van der Waals surface area contributed by atoms with Crippen molar-refractivity contribution in [2.75, 3.05) is 26.7 Å². The molecule has 1 unspecified atom stereocenters. The molecule has 0 aliphatic heterocycles. The van der Waals surface area contributed by atoms with Crippen LogP contribution in [0.15, 0.2) is 54.6 Å². The number of carbonyl (C=O) groups excluding carboxylic acids is 1. The maximum Gasteiger partial charge on any atom is 0.231 e. The summed E-state index contributed by atoms with van der Waals surface area (Å²) in [5.74, 6) is 0.568. The first-order valence-corrected chi connectivity index (χ1v) is 7.82. The van der Waals surface area contributed by atoms with Gasteiger partial charge < -0.3 is 15.4 Å². The average molecular weight is 349 g/mol. The van der Waals surface area contributed by atoms with Gasteiger partial charge in [-0.2, -0.15) is 0 Å². The van der Waals surface area contributed by atoms with Crippen LogP contribution in [0.5, 0.6) is 5.75 Å². The molecule has 0 spiro atoms. The number of para-hydroxylation sites is 1. The molecule has 5 heteroatoms. The number of ether oxygens (including phenoxy) is 1. The number of likely N-dealkylation sites (N-methyl/N-ethyl adjacent to an activating group) is 1. The Balaban J connectivity index is 0.00000288. The summed E-state index contributed by atoms with van der Waals surface area (Å²) in [4.78, 5) is 14.3. The standard InChI is InChI=1S/C19H24N2O2.ClH/c1-15-8-6-7-11-18(15)23-13-12-21(2)19(22)17(14-20)16-9-4-3-5-10-16;/h3-11,17H,12-14,20H2,1-2H3;1H. The van der Waals surface area contributed by atoms with E-state index in [0.717, 1.165) is 16.9 Å². The van der Waals surface area contributed by atoms with Gasteiger partial charge in [0.05, 0.1) is 12.5 Å². The molecule has 4 nitrogen and oxygen atoms in total. The number of aryl methyl sites for hydroxylation is 1. The number of amides is 1. The predicted octanol–water partition coefficient (Wildman–Crippen LogP) is 3.00. The highest BCUT2D eigenvalue weighted by atomic mass is 35.5. The van der Waals surface area contributed by atoms with Gasteiger partial charge in [-0.05, 0) is 24.1 Å². The highest BCUT2D eigenvalue weighted by molar-refractivity contribution is 5.85. The van der Waals surface area contributed by atoms with Crippen LogP contribution < -0.4 is 10.5 Å².